The fourth-order valence-corrected chi connectivity index (χ4v) is 3.64. The van der Waals surface area contributed by atoms with Crippen molar-refractivity contribution in [1.82, 2.24) is 15.5 Å². The Labute approximate surface area is 159 Å². The standard InChI is InChI=1S/C18H34N4.HI/c1-3-18(9-4-10-18)14-21-17(19-2)20-11-12-22(16-7-8-16)13-15-5-6-15;/h15-16H,3-14H2,1-2H3,(H2,19,20,21);1H. The van der Waals surface area contributed by atoms with Gasteiger partial charge in [0, 0.05) is 39.3 Å². The Hall–Kier alpha value is -0.0400. The summed E-state index contributed by atoms with van der Waals surface area (Å²) in [4.78, 5) is 7.10. The van der Waals surface area contributed by atoms with Gasteiger partial charge in [0.1, 0.15) is 0 Å². The molecule has 0 unspecified atom stereocenters. The van der Waals surface area contributed by atoms with Crippen molar-refractivity contribution in [1.29, 1.82) is 0 Å². The maximum absolute atomic E-state index is 4.39. The van der Waals surface area contributed by atoms with Crippen molar-refractivity contribution in [3.63, 3.8) is 0 Å². The predicted molar refractivity (Wildman–Crippen MR) is 109 cm³/mol. The number of aliphatic imine (C=N–C) groups is 1. The lowest BCUT2D eigenvalue weighted by Gasteiger charge is -2.41. The summed E-state index contributed by atoms with van der Waals surface area (Å²) in [6.07, 6.45) is 11.2. The summed E-state index contributed by atoms with van der Waals surface area (Å²) in [5.74, 6) is 1.99. The van der Waals surface area contributed by atoms with Gasteiger partial charge >= 0.3 is 0 Å². The van der Waals surface area contributed by atoms with Gasteiger partial charge in [0.05, 0.1) is 0 Å². The van der Waals surface area contributed by atoms with Crippen LogP contribution in [0.1, 0.15) is 58.3 Å². The molecular weight excluding hydrogens is 399 g/mol. The molecule has 134 valence electrons. The highest BCUT2D eigenvalue weighted by Crippen LogP contribution is 2.43. The van der Waals surface area contributed by atoms with Gasteiger partial charge in [-0.3, -0.25) is 9.89 Å². The van der Waals surface area contributed by atoms with E-state index in [4.69, 9.17) is 0 Å². The third kappa shape index (κ3) is 5.76. The van der Waals surface area contributed by atoms with E-state index in [1.54, 1.807) is 0 Å². The van der Waals surface area contributed by atoms with Crippen LogP contribution in [-0.2, 0) is 0 Å². The molecule has 23 heavy (non-hydrogen) atoms. The van der Waals surface area contributed by atoms with Crippen LogP contribution in [0, 0.1) is 11.3 Å². The Kier molecular flexibility index (Phi) is 7.45. The van der Waals surface area contributed by atoms with E-state index in [1.807, 2.05) is 7.05 Å². The molecule has 0 aromatic heterocycles. The molecular formula is C18H35IN4. The first kappa shape index (κ1) is 19.3. The largest absolute Gasteiger partial charge is 0.356 e. The number of guanidine groups is 1. The molecule has 0 saturated heterocycles. The highest BCUT2D eigenvalue weighted by Gasteiger charge is 2.35. The second kappa shape index (κ2) is 8.88. The van der Waals surface area contributed by atoms with E-state index in [0.717, 1.165) is 31.0 Å². The topological polar surface area (TPSA) is 39.7 Å². The zero-order chi connectivity index (χ0) is 15.4. The molecule has 0 aromatic carbocycles. The van der Waals surface area contributed by atoms with E-state index in [9.17, 15) is 0 Å². The van der Waals surface area contributed by atoms with Crippen LogP contribution in [0.25, 0.3) is 0 Å². The average Bonchev–Trinajstić information content (AvgIpc) is 3.37. The molecule has 0 spiro atoms. The van der Waals surface area contributed by atoms with Crippen LogP contribution < -0.4 is 10.6 Å². The minimum atomic E-state index is 0. The van der Waals surface area contributed by atoms with E-state index < -0.39 is 0 Å². The summed E-state index contributed by atoms with van der Waals surface area (Å²) in [5, 5.41) is 7.07. The lowest BCUT2D eigenvalue weighted by Crippen LogP contribution is -2.47. The Morgan fingerprint density at radius 1 is 1.17 bits per heavy atom. The van der Waals surface area contributed by atoms with Crippen LogP contribution in [0.3, 0.4) is 0 Å². The first-order valence-corrected chi connectivity index (χ1v) is 9.43. The maximum atomic E-state index is 4.39. The monoisotopic (exact) mass is 434 g/mol. The fraction of sp³-hybridized carbons (Fsp3) is 0.944. The number of rotatable bonds is 9. The number of halogens is 1. The molecule has 2 N–H and O–H groups in total. The molecule has 3 aliphatic carbocycles. The number of hydrogen-bond donors (Lipinski definition) is 2. The van der Waals surface area contributed by atoms with E-state index in [2.05, 4.69) is 27.4 Å². The number of nitrogens with zero attached hydrogens (tertiary/aromatic N) is 2. The van der Waals surface area contributed by atoms with Gasteiger partial charge in [0.2, 0.25) is 0 Å². The third-order valence-corrected chi connectivity index (χ3v) is 5.96. The Bertz CT molecular complexity index is 381. The van der Waals surface area contributed by atoms with Crippen LogP contribution in [0.15, 0.2) is 4.99 Å². The Balaban J connectivity index is 0.00000192. The fourth-order valence-electron chi connectivity index (χ4n) is 3.64. The smallest absolute Gasteiger partial charge is 0.191 e. The summed E-state index contributed by atoms with van der Waals surface area (Å²) in [6, 6.07) is 0.885. The van der Waals surface area contributed by atoms with E-state index in [1.165, 1.54) is 64.5 Å². The molecule has 3 aliphatic rings. The van der Waals surface area contributed by atoms with Crippen molar-refractivity contribution in [3.8, 4) is 0 Å². The van der Waals surface area contributed by atoms with Gasteiger partial charge in [-0.05, 0) is 56.3 Å². The molecule has 0 atom stereocenters. The normalized spacial score (nSPS) is 23.2. The van der Waals surface area contributed by atoms with Crippen molar-refractivity contribution in [2.45, 2.75) is 64.3 Å². The summed E-state index contributed by atoms with van der Waals surface area (Å²) >= 11 is 0. The Morgan fingerprint density at radius 2 is 1.91 bits per heavy atom. The van der Waals surface area contributed by atoms with Crippen LogP contribution in [0.4, 0.5) is 0 Å². The summed E-state index contributed by atoms with van der Waals surface area (Å²) in [6.45, 7) is 6.92. The van der Waals surface area contributed by atoms with Crippen LogP contribution in [-0.4, -0.2) is 50.1 Å². The molecule has 4 nitrogen and oxygen atoms in total. The maximum Gasteiger partial charge on any atom is 0.191 e. The lowest BCUT2D eigenvalue weighted by atomic mass is 9.67. The van der Waals surface area contributed by atoms with Crippen LogP contribution >= 0.6 is 24.0 Å². The third-order valence-electron chi connectivity index (χ3n) is 5.96. The minimum absolute atomic E-state index is 0. The van der Waals surface area contributed by atoms with E-state index in [0.29, 0.717) is 5.41 Å². The lowest BCUT2D eigenvalue weighted by molar-refractivity contribution is 0.131. The highest BCUT2D eigenvalue weighted by atomic mass is 127. The first-order valence-electron chi connectivity index (χ1n) is 9.43. The van der Waals surface area contributed by atoms with Gasteiger partial charge in [0.15, 0.2) is 5.96 Å². The van der Waals surface area contributed by atoms with Crippen molar-refractivity contribution >= 4 is 29.9 Å². The molecule has 5 heteroatoms. The molecule has 0 heterocycles. The molecule has 3 saturated carbocycles. The van der Waals surface area contributed by atoms with Gasteiger partial charge in [-0.15, -0.1) is 24.0 Å². The van der Waals surface area contributed by atoms with E-state index >= 15 is 0 Å². The molecule has 0 bridgehead atoms. The molecule has 0 aliphatic heterocycles. The van der Waals surface area contributed by atoms with Crippen LogP contribution in [0.5, 0.6) is 0 Å². The summed E-state index contributed by atoms with van der Waals surface area (Å²) in [7, 11) is 1.89. The molecule has 3 fully saturated rings. The average molecular weight is 434 g/mol. The minimum Gasteiger partial charge on any atom is -0.356 e. The second-order valence-electron chi connectivity index (χ2n) is 7.73. The van der Waals surface area contributed by atoms with Crippen molar-refractivity contribution in [2.75, 3.05) is 33.2 Å². The zero-order valence-electron chi connectivity index (χ0n) is 14.9. The van der Waals surface area contributed by atoms with Crippen molar-refractivity contribution in [2.24, 2.45) is 16.3 Å². The van der Waals surface area contributed by atoms with Gasteiger partial charge in [0.25, 0.3) is 0 Å². The molecule has 3 rings (SSSR count). The quantitative estimate of drug-likeness (QED) is 0.333. The second-order valence-corrected chi connectivity index (χ2v) is 7.73. The Morgan fingerprint density at radius 3 is 2.39 bits per heavy atom. The van der Waals surface area contributed by atoms with Gasteiger partial charge in [-0.25, -0.2) is 0 Å². The zero-order valence-corrected chi connectivity index (χ0v) is 17.3. The van der Waals surface area contributed by atoms with Crippen LogP contribution in [0.2, 0.25) is 0 Å². The summed E-state index contributed by atoms with van der Waals surface area (Å²) in [5.41, 5.74) is 0.545. The van der Waals surface area contributed by atoms with E-state index in [-0.39, 0.29) is 24.0 Å². The number of nitrogens with one attached hydrogen (secondary N) is 2. The molecule has 0 amide bonds. The molecule has 0 aromatic rings. The van der Waals surface area contributed by atoms with Gasteiger partial charge in [-0.2, -0.15) is 0 Å². The first-order chi connectivity index (χ1) is 10.7. The van der Waals surface area contributed by atoms with Crippen molar-refractivity contribution < 1.29 is 0 Å². The number of hydrogen-bond acceptors (Lipinski definition) is 2. The molecule has 0 radical (unpaired) electrons. The summed E-state index contributed by atoms with van der Waals surface area (Å²) < 4.78 is 0. The van der Waals surface area contributed by atoms with Crippen molar-refractivity contribution in [3.05, 3.63) is 0 Å². The van der Waals surface area contributed by atoms with Gasteiger partial charge in [-0.1, -0.05) is 13.3 Å². The highest BCUT2D eigenvalue weighted by molar-refractivity contribution is 14.0. The predicted octanol–water partition coefficient (Wildman–Crippen LogP) is 3.22. The van der Waals surface area contributed by atoms with Gasteiger partial charge < -0.3 is 10.6 Å². The SMILES string of the molecule is CCC1(CNC(=NC)NCCN(CC2CC2)C2CC2)CCC1.I.